The zero-order chi connectivity index (χ0) is 16.9. The Hall–Kier alpha value is -1.91. The molecule has 1 aliphatic rings. The number of hydrogen-bond acceptors (Lipinski definition) is 3. The molecule has 5 heteroatoms. The molecule has 0 aliphatic carbocycles. The summed E-state index contributed by atoms with van der Waals surface area (Å²) in [5.74, 6) is 0.0701. The van der Waals surface area contributed by atoms with E-state index in [0.29, 0.717) is 11.6 Å². The minimum Gasteiger partial charge on any atom is -0.338 e. The molecule has 0 bridgehead atoms. The van der Waals surface area contributed by atoms with Gasteiger partial charge >= 0.3 is 0 Å². The summed E-state index contributed by atoms with van der Waals surface area (Å²) >= 11 is 6.27. The first-order valence-electron chi connectivity index (χ1n) is 8.35. The summed E-state index contributed by atoms with van der Waals surface area (Å²) in [6, 6.07) is 12.1. The second-order valence-electron chi connectivity index (χ2n) is 6.22. The lowest BCUT2D eigenvalue weighted by Gasteiger charge is -2.34. The van der Waals surface area contributed by atoms with E-state index in [0.717, 1.165) is 36.5 Å². The third-order valence-corrected chi connectivity index (χ3v) is 4.89. The Morgan fingerprint density at radius 1 is 1.25 bits per heavy atom. The molecule has 24 heavy (non-hydrogen) atoms. The summed E-state index contributed by atoms with van der Waals surface area (Å²) in [7, 11) is 0. The standard InChI is InChI=1S/C19H22ClN3O/c1-14(17-6-2-3-7-18(17)20)22-16-8-11-23(12-9-16)19(24)15-5-4-10-21-13-15/h2-7,10,13-14,16,22H,8-9,11-12H2,1H3. The highest BCUT2D eigenvalue weighted by atomic mass is 35.5. The Kier molecular flexibility index (Phi) is 5.48. The van der Waals surface area contributed by atoms with Crippen molar-refractivity contribution in [2.24, 2.45) is 0 Å². The molecule has 1 N–H and O–H groups in total. The van der Waals surface area contributed by atoms with Crippen molar-refractivity contribution >= 4 is 17.5 Å². The predicted octanol–water partition coefficient (Wildman–Crippen LogP) is 3.69. The maximum absolute atomic E-state index is 12.4. The lowest BCUT2D eigenvalue weighted by Crippen LogP contribution is -2.45. The molecule has 2 heterocycles. The summed E-state index contributed by atoms with van der Waals surface area (Å²) in [4.78, 5) is 18.4. The van der Waals surface area contributed by atoms with Crippen molar-refractivity contribution in [3.8, 4) is 0 Å². The maximum atomic E-state index is 12.4. The van der Waals surface area contributed by atoms with Gasteiger partial charge in [-0.05, 0) is 43.5 Å². The molecule has 4 nitrogen and oxygen atoms in total. The lowest BCUT2D eigenvalue weighted by molar-refractivity contribution is 0.0702. The van der Waals surface area contributed by atoms with Gasteiger partial charge in [-0.15, -0.1) is 0 Å². The summed E-state index contributed by atoms with van der Waals surface area (Å²) in [6.45, 7) is 3.66. The third kappa shape index (κ3) is 3.94. The van der Waals surface area contributed by atoms with Gasteiger partial charge in [-0.2, -0.15) is 0 Å². The Morgan fingerprint density at radius 3 is 2.67 bits per heavy atom. The highest BCUT2D eigenvalue weighted by Crippen LogP contribution is 2.24. The Labute approximate surface area is 147 Å². The number of amides is 1. The number of halogens is 1. The number of carbonyl (C=O) groups is 1. The number of likely N-dealkylation sites (tertiary alicyclic amines) is 1. The van der Waals surface area contributed by atoms with Gasteiger partial charge in [0, 0.05) is 42.6 Å². The Bertz CT molecular complexity index is 684. The molecule has 1 aliphatic heterocycles. The molecule has 126 valence electrons. The van der Waals surface area contributed by atoms with Gasteiger partial charge in [-0.3, -0.25) is 9.78 Å². The van der Waals surface area contributed by atoms with E-state index < -0.39 is 0 Å². The molecule has 0 radical (unpaired) electrons. The first kappa shape index (κ1) is 16.9. The molecule has 3 rings (SSSR count). The number of benzene rings is 1. The van der Waals surface area contributed by atoms with Gasteiger partial charge in [0.2, 0.25) is 0 Å². The van der Waals surface area contributed by atoms with Crippen LogP contribution in [0.2, 0.25) is 5.02 Å². The van der Waals surface area contributed by atoms with Gasteiger partial charge in [0.1, 0.15) is 0 Å². The second-order valence-corrected chi connectivity index (χ2v) is 6.63. The van der Waals surface area contributed by atoms with E-state index in [1.54, 1.807) is 18.5 Å². The van der Waals surface area contributed by atoms with E-state index in [4.69, 9.17) is 11.6 Å². The van der Waals surface area contributed by atoms with E-state index in [9.17, 15) is 4.79 Å². The van der Waals surface area contributed by atoms with Crippen LogP contribution in [0.15, 0.2) is 48.8 Å². The largest absolute Gasteiger partial charge is 0.338 e. The zero-order valence-electron chi connectivity index (χ0n) is 13.8. The van der Waals surface area contributed by atoms with Crippen LogP contribution < -0.4 is 5.32 Å². The fourth-order valence-electron chi connectivity index (χ4n) is 3.19. The summed E-state index contributed by atoms with van der Waals surface area (Å²) in [5.41, 5.74) is 1.78. The topological polar surface area (TPSA) is 45.2 Å². The van der Waals surface area contributed by atoms with Gasteiger partial charge in [0.15, 0.2) is 0 Å². The summed E-state index contributed by atoms with van der Waals surface area (Å²) in [5, 5.41) is 4.43. The number of piperidine rings is 1. The number of pyridine rings is 1. The number of nitrogens with zero attached hydrogens (tertiary/aromatic N) is 2. The molecule has 1 saturated heterocycles. The lowest BCUT2D eigenvalue weighted by atomic mass is 10.0. The quantitative estimate of drug-likeness (QED) is 0.920. The summed E-state index contributed by atoms with van der Waals surface area (Å²) < 4.78 is 0. The Balaban J connectivity index is 1.54. The van der Waals surface area contributed by atoms with E-state index in [1.807, 2.05) is 29.2 Å². The maximum Gasteiger partial charge on any atom is 0.255 e. The van der Waals surface area contributed by atoms with Crippen LogP contribution in [0.25, 0.3) is 0 Å². The monoisotopic (exact) mass is 343 g/mol. The minimum atomic E-state index is 0.0701. The van der Waals surface area contributed by atoms with Gasteiger partial charge in [0.05, 0.1) is 5.56 Å². The van der Waals surface area contributed by atoms with E-state index in [-0.39, 0.29) is 11.9 Å². The van der Waals surface area contributed by atoms with Crippen molar-refractivity contribution in [3.05, 3.63) is 64.9 Å². The molecular formula is C19H22ClN3O. The highest BCUT2D eigenvalue weighted by molar-refractivity contribution is 6.31. The van der Waals surface area contributed by atoms with Crippen LogP contribution in [0, 0.1) is 0 Å². The van der Waals surface area contributed by atoms with Crippen LogP contribution in [0.1, 0.15) is 41.7 Å². The molecule has 1 fully saturated rings. The zero-order valence-corrected chi connectivity index (χ0v) is 14.5. The van der Waals surface area contributed by atoms with Gasteiger partial charge in [-0.25, -0.2) is 0 Å². The first-order valence-corrected chi connectivity index (χ1v) is 8.72. The highest BCUT2D eigenvalue weighted by Gasteiger charge is 2.25. The van der Waals surface area contributed by atoms with Gasteiger partial charge in [0.25, 0.3) is 5.91 Å². The number of hydrogen-bond donors (Lipinski definition) is 1. The Morgan fingerprint density at radius 2 is 2.00 bits per heavy atom. The van der Waals surface area contributed by atoms with Crippen molar-refractivity contribution < 1.29 is 4.79 Å². The molecule has 0 spiro atoms. The number of carbonyl (C=O) groups excluding carboxylic acids is 1. The van der Waals surface area contributed by atoms with Crippen LogP contribution in [-0.4, -0.2) is 34.9 Å². The van der Waals surface area contributed by atoms with Crippen LogP contribution in [-0.2, 0) is 0 Å². The SMILES string of the molecule is CC(NC1CCN(C(=O)c2cccnc2)CC1)c1ccccc1Cl. The summed E-state index contributed by atoms with van der Waals surface area (Å²) in [6.07, 6.45) is 5.21. The normalized spacial score (nSPS) is 16.8. The fraction of sp³-hybridized carbons (Fsp3) is 0.368. The van der Waals surface area contributed by atoms with Gasteiger partial charge < -0.3 is 10.2 Å². The molecule has 1 aromatic carbocycles. The predicted molar refractivity (Wildman–Crippen MR) is 96.2 cm³/mol. The number of rotatable bonds is 4. The molecule has 2 aromatic rings. The average Bonchev–Trinajstić information content (AvgIpc) is 2.63. The molecule has 1 atom stereocenters. The minimum absolute atomic E-state index is 0.0701. The molecule has 1 aromatic heterocycles. The van der Waals surface area contributed by atoms with Crippen molar-refractivity contribution in [3.63, 3.8) is 0 Å². The number of aromatic nitrogens is 1. The van der Waals surface area contributed by atoms with Crippen molar-refractivity contribution in [1.82, 2.24) is 15.2 Å². The average molecular weight is 344 g/mol. The second kappa shape index (κ2) is 7.77. The van der Waals surface area contributed by atoms with Crippen LogP contribution in [0.5, 0.6) is 0 Å². The first-order chi connectivity index (χ1) is 11.6. The van der Waals surface area contributed by atoms with Crippen molar-refractivity contribution in [1.29, 1.82) is 0 Å². The third-order valence-electron chi connectivity index (χ3n) is 4.55. The molecular weight excluding hydrogens is 322 g/mol. The van der Waals surface area contributed by atoms with Crippen molar-refractivity contribution in [2.45, 2.75) is 31.8 Å². The van der Waals surface area contributed by atoms with Crippen molar-refractivity contribution in [2.75, 3.05) is 13.1 Å². The van der Waals surface area contributed by atoms with Crippen LogP contribution in [0.4, 0.5) is 0 Å². The smallest absolute Gasteiger partial charge is 0.255 e. The van der Waals surface area contributed by atoms with Crippen LogP contribution in [0.3, 0.4) is 0 Å². The number of nitrogens with one attached hydrogen (secondary N) is 1. The van der Waals surface area contributed by atoms with E-state index in [1.165, 1.54) is 0 Å². The van der Waals surface area contributed by atoms with Crippen LogP contribution >= 0.6 is 11.6 Å². The van der Waals surface area contributed by atoms with E-state index >= 15 is 0 Å². The fourth-order valence-corrected chi connectivity index (χ4v) is 3.49. The van der Waals surface area contributed by atoms with E-state index in [2.05, 4.69) is 23.3 Å². The van der Waals surface area contributed by atoms with Gasteiger partial charge in [-0.1, -0.05) is 29.8 Å². The molecule has 0 saturated carbocycles. The molecule has 1 amide bonds. The molecule has 1 unspecified atom stereocenters.